The monoisotopic (exact) mass is 308 g/mol. The van der Waals surface area contributed by atoms with Crippen LogP contribution in [0.2, 0.25) is 0 Å². The molecule has 0 saturated carbocycles. The molecule has 0 aliphatic carbocycles. The van der Waals surface area contributed by atoms with E-state index in [0.29, 0.717) is 12.2 Å². The molecule has 124 valence electrons. The highest BCUT2D eigenvalue weighted by Crippen LogP contribution is 2.35. The van der Waals surface area contributed by atoms with Crippen LogP contribution >= 0.6 is 0 Å². The molecule has 1 amide bonds. The number of rotatable bonds is 5. The highest BCUT2D eigenvalue weighted by Gasteiger charge is 2.24. The van der Waals surface area contributed by atoms with Gasteiger partial charge < -0.3 is 15.2 Å². The van der Waals surface area contributed by atoms with E-state index in [4.69, 9.17) is 15.2 Å². The third kappa shape index (κ3) is 5.22. The summed E-state index contributed by atoms with van der Waals surface area (Å²) in [6.07, 6.45) is 0.367. The SMILES string of the molecule is COc1cc(NC(=O)OC(C)(C)C)ccc1C(C)(C)CCN. The van der Waals surface area contributed by atoms with Crippen molar-refractivity contribution in [2.24, 2.45) is 5.73 Å². The Balaban J connectivity index is 2.96. The lowest BCUT2D eigenvalue weighted by atomic mass is 9.81. The van der Waals surface area contributed by atoms with Gasteiger partial charge in [-0.1, -0.05) is 19.9 Å². The van der Waals surface area contributed by atoms with Gasteiger partial charge in [0.15, 0.2) is 0 Å². The molecule has 5 heteroatoms. The minimum atomic E-state index is -0.531. The minimum Gasteiger partial charge on any atom is -0.496 e. The van der Waals surface area contributed by atoms with Crippen LogP contribution < -0.4 is 15.8 Å². The van der Waals surface area contributed by atoms with Crippen molar-refractivity contribution >= 4 is 11.8 Å². The second-order valence-electron chi connectivity index (χ2n) is 6.96. The third-order valence-corrected chi connectivity index (χ3v) is 3.35. The zero-order chi connectivity index (χ0) is 17.0. The normalized spacial score (nSPS) is 12.0. The van der Waals surface area contributed by atoms with Gasteiger partial charge in [0, 0.05) is 11.8 Å². The number of hydrogen-bond acceptors (Lipinski definition) is 4. The molecular weight excluding hydrogens is 280 g/mol. The first-order valence-electron chi connectivity index (χ1n) is 7.47. The number of anilines is 1. The second-order valence-corrected chi connectivity index (χ2v) is 6.96. The molecule has 0 unspecified atom stereocenters. The van der Waals surface area contributed by atoms with Crippen molar-refractivity contribution in [1.82, 2.24) is 0 Å². The van der Waals surface area contributed by atoms with E-state index in [0.717, 1.165) is 17.7 Å². The van der Waals surface area contributed by atoms with Gasteiger partial charge in [-0.05, 0) is 50.8 Å². The van der Waals surface area contributed by atoms with Crippen molar-refractivity contribution in [3.05, 3.63) is 23.8 Å². The zero-order valence-electron chi connectivity index (χ0n) is 14.4. The maximum absolute atomic E-state index is 11.8. The smallest absolute Gasteiger partial charge is 0.412 e. The van der Waals surface area contributed by atoms with Crippen molar-refractivity contribution in [3.63, 3.8) is 0 Å². The van der Waals surface area contributed by atoms with E-state index in [2.05, 4.69) is 19.2 Å². The molecule has 0 heterocycles. The molecule has 0 bridgehead atoms. The van der Waals surface area contributed by atoms with Gasteiger partial charge in [-0.3, -0.25) is 5.32 Å². The molecule has 5 nitrogen and oxygen atoms in total. The first-order valence-corrected chi connectivity index (χ1v) is 7.47. The molecular formula is C17H28N2O3. The number of carbonyl (C=O) groups is 1. The van der Waals surface area contributed by atoms with Crippen LogP contribution in [0.5, 0.6) is 5.75 Å². The highest BCUT2D eigenvalue weighted by atomic mass is 16.6. The number of hydrogen-bond donors (Lipinski definition) is 2. The van der Waals surface area contributed by atoms with E-state index >= 15 is 0 Å². The summed E-state index contributed by atoms with van der Waals surface area (Å²) in [6.45, 7) is 10.3. The van der Waals surface area contributed by atoms with Crippen LogP contribution in [0.25, 0.3) is 0 Å². The van der Waals surface area contributed by atoms with Crippen molar-refractivity contribution in [1.29, 1.82) is 0 Å². The van der Waals surface area contributed by atoms with Crippen LogP contribution in [-0.4, -0.2) is 25.3 Å². The second kappa shape index (κ2) is 7.01. The Morgan fingerprint density at radius 1 is 1.23 bits per heavy atom. The van der Waals surface area contributed by atoms with Gasteiger partial charge in [0.1, 0.15) is 11.4 Å². The van der Waals surface area contributed by atoms with E-state index in [1.54, 1.807) is 13.2 Å². The molecule has 1 aromatic carbocycles. The van der Waals surface area contributed by atoms with Gasteiger partial charge in [0.25, 0.3) is 0 Å². The average Bonchev–Trinajstić information content (AvgIpc) is 2.35. The fourth-order valence-corrected chi connectivity index (χ4v) is 2.25. The number of carbonyl (C=O) groups excluding carboxylic acids is 1. The van der Waals surface area contributed by atoms with Crippen LogP contribution in [0.1, 0.15) is 46.6 Å². The Hall–Kier alpha value is -1.75. The summed E-state index contributed by atoms with van der Waals surface area (Å²) in [5.74, 6) is 0.729. The molecule has 0 aliphatic heterocycles. The first kappa shape index (κ1) is 18.3. The topological polar surface area (TPSA) is 73.6 Å². The van der Waals surface area contributed by atoms with E-state index in [1.165, 1.54) is 0 Å². The molecule has 1 rings (SSSR count). The standard InChI is InChI=1S/C17H28N2O3/c1-16(2,3)22-15(20)19-12-7-8-13(14(11-12)21-6)17(4,5)9-10-18/h7-8,11H,9-10,18H2,1-6H3,(H,19,20). The number of nitrogens with one attached hydrogen (secondary N) is 1. The van der Waals surface area contributed by atoms with Crippen molar-refractivity contribution in [3.8, 4) is 5.75 Å². The Bertz CT molecular complexity index is 519. The lowest BCUT2D eigenvalue weighted by Gasteiger charge is -2.27. The molecule has 3 N–H and O–H groups in total. The Morgan fingerprint density at radius 2 is 1.86 bits per heavy atom. The predicted molar refractivity (Wildman–Crippen MR) is 89.5 cm³/mol. The maximum atomic E-state index is 11.8. The number of benzene rings is 1. The summed E-state index contributed by atoms with van der Waals surface area (Å²) >= 11 is 0. The van der Waals surface area contributed by atoms with E-state index < -0.39 is 11.7 Å². The van der Waals surface area contributed by atoms with Gasteiger partial charge in [-0.2, -0.15) is 0 Å². The summed E-state index contributed by atoms with van der Waals surface area (Å²) in [5, 5.41) is 2.72. The highest BCUT2D eigenvalue weighted by molar-refractivity contribution is 5.85. The van der Waals surface area contributed by atoms with E-state index in [9.17, 15) is 4.79 Å². The van der Waals surface area contributed by atoms with Crippen molar-refractivity contribution < 1.29 is 14.3 Å². The van der Waals surface area contributed by atoms with Crippen molar-refractivity contribution in [2.45, 2.75) is 52.1 Å². The summed E-state index contributed by atoms with van der Waals surface area (Å²) in [5.41, 5.74) is 6.76. The van der Waals surface area contributed by atoms with Gasteiger partial charge in [-0.15, -0.1) is 0 Å². The quantitative estimate of drug-likeness (QED) is 0.870. The van der Waals surface area contributed by atoms with Crippen LogP contribution in [0, 0.1) is 0 Å². The molecule has 0 radical (unpaired) electrons. The van der Waals surface area contributed by atoms with E-state index in [1.807, 2.05) is 32.9 Å². The number of amides is 1. The summed E-state index contributed by atoms with van der Waals surface area (Å²) in [4.78, 5) is 11.8. The lowest BCUT2D eigenvalue weighted by Crippen LogP contribution is -2.27. The molecule has 0 fully saturated rings. The summed E-state index contributed by atoms with van der Waals surface area (Å²) < 4.78 is 10.7. The lowest BCUT2D eigenvalue weighted by molar-refractivity contribution is 0.0636. The third-order valence-electron chi connectivity index (χ3n) is 3.35. The fraction of sp³-hybridized carbons (Fsp3) is 0.588. The Morgan fingerprint density at radius 3 is 2.36 bits per heavy atom. The molecule has 0 saturated heterocycles. The average molecular weight is 308 g/mol. The molecule has 0 spiro atoms. The van der Waals surface area contributed by atoms with Gasteiger partial charge in [0.05, 0.1) is 7.11 Å². The predicted octanol–water partition coefficient (Wildman–Crippen LogP) is 3.67. The van der Waals surface area contributed by atoms with Crippen LogP contribution in [0.15, 0.2) is 18.2 Å². The first-order chi connectivity index (χ1) is 10.1. The molecule has 0 aliphatic rings. The molecule has 0 atom stereocenters. The molecule has 22 heavy (non-hydrogen) atoms. The van der Waals surface area contributed by atoms with Crippen LogP contribution in [0.4, 0.5) is 10.5 Å². The number of nitrogens with two attached hydrogens (primary N) is 1. The zero-order valence-corrected chi connectivity index (χ0v) is 14.4. The van der Waals surface area contributed by atoms with Gasteiger partial charge >= 0.3 is 6.09 Å². The summed E-state index contributed by atoms with van der Waals surface area (Å²) in [6, 6.07) is 5.61. The van der Waals surface area contributed by atoms with Crippen LogP contribution in [0.3, 0.4) is 0 Å². The van der Waals surface area contributed by atoms with Crippen LogP contribution in [-0.2, 0) is 10.2 Å². The number of ether oxygens (including phenoxy) is 2. The summed E-state index contributed by atoms with van der Waals surface area (Å²) in [7, 11) is 1.62. The number of methoxy groups -OCH3 is 1. The molecule has 1 aromatic rings. The molecule has 0 aromatic heterocycles. The fourth-order valence-electron chi connectivity index (χ4n) is 2.25. The Kier molecular flexibility index (Phi) is 5.83. The van der Waals surface area contributed by atoms with Gasteiger partial charge in [-0.25, -0.2) is 4.79 Å². The minimum absolute atomic E-state index is 0.0927. The maximum Gasteiger partial charge on any atom is 0.412 e. The van der Waals surface area contributed by atoms with Crippen molar-refractivity contribution in [2.75, 3.05) is 19.0 Å². The van der Waals surface area contributed by atoms with Gasteiger partial charge in [0.2, 0.25) is 0 Å². The largest absolute Gasteiger partial charge is 0.496 e. The Labute approximate surface area is 133 Å². The van der Waals surface area contributed by atoms with E-state index in [-0.39, 0.29) is 5.41 Å².